The normalized spacial score (nSPS) is 13.6. The summed E-state index contributed by atoms with van der Waals surface area (Å²) >= 11 is 7.04. The molecule has 2 aromatic rings. The van der Waals surface area contributed by atoms with E-state index in [-0.39, 0.29) is 10.6 Å². The van der Waals surface area contributed by atoms with E-state index in [2.05, 4.69) is 5.32 Å². The number of halogens is 1. The molecule has 5 nitrogen and oxygen atoms in total. The van der Waals surface area contributed by atoms with Gasteiger partial charge in [0.25, 0.3) is 0 Å². The Labute approximate surface area is 153 Å². The SMILES string of the molecule is O=C(/C=C/C1=CCCO1)Nc1scc(-c2ccc(Cl)cc2)c1C(=O)O. The summed E-state index contributed by atoms with van der Waals surface area (Å²) in [5, 5.41) is 14.7. The van der Waals surface area contributed by atoms with Gasteiger partial charge in [0.2, 0.25) is 5.91 Å². The van der Waals surface area contributed by atoms with E-state index in [4.69, 9.17) is 16.3 Å². The minimum atomic E-state index is -1.10. The maximum absolute atomic E-state index is 12.1. The van der Waals surface area contributed by atoms with Crippen LogP contribution in [0, 0.1) is 0 Å². The third-order valence-corrected chi connectivity index (χ3v) is 4.68. The minimum Gasteiger partial charge on any atom is -0.494 e. The number of carbonyl (C=O) groups excluding carboxylic acids is 1. The highest BCUT2D eigenvalue weighted by Gasteiger charge is 2.20. The number of hydrogen-bond acceptors (Lipinski definition) is 4. The Morgan fingerprint density at radius 3 is 2.68 bits per heavy atom. The number of nitrogens with one attached hydrogen (secondary N) is 1. The number of carbonyl (C=O) groups is 2. The van der Waals surface area contributed by atoms with Crippen LogP contribution in [0.5, 0.6) is 0 Å². The van der Waals surface area contributed by atoms with Gasteiger partial charge in [-0.15, -0.1) is 11.3 Å². The molecule has 0 fully saturated rings. The predicted molar refractivity (Wildman–Crippen MR) is 98.1 cm³/mol. The van der Waals surface area contributed by atoms with E-state index >= 15 is 0 Å². The lowest BCUT2D eigenvalue weighted by Gasteiger charge is -2.04. The van der Waals surface area contributed by atoms with Crippen LogP contribution >= 0.6 is 22.9 Å². The maximum atomic E-state index is 12.1. The summed E-state index contributed by atoms with van der Waals surface area (Å²) in [5.41, 5.74) is 1.32. The Morgan fingerprint density at radius 1 is 1.28 bits per heavy atom. The molecular formula is C18H14ClNO4S. The van der Waals surface area contributed by atoms with E-state index in [0.29, 0.717) is 23.0 Å². The van der Waals surface area contributed by atoms with Gasteiger partial charge in [-0.3, -0.25) is 4.79 Å². The second-order valence-corrected chi connectivity index (χ2v) is 6.55. The first-order valence-corrected chi connectivity index (χ1v) is 8.73. The number of anilines is 1. The van der Waals surface area contributed by atoms with Crippen LogP contribution < -0.4 is 5.32 Å². The number of aromatic carboxylic acids is 1. The molecule has 0 saturated carbocycles. The van der Waals surface area contributed by atoms with Gasteiger partial charge in [-0.2, -0.15) is 0 Å². The van der Waals surface area contributed by atoms with E-state index in [1.807, 2.05) is 6.08 Å². The number of ether oxygens (including phenoxy) is 1. The highest BCUT2D eigenvalue weighted by Crippen LogP contribution is 2.36. The van der Waals surface area contributed by atoms with Crippen LogP contribution in [-0.4, -0.2) is 23.6 Å². The molecule has 0 saturated heterocycles. The average molecular weight is 376 g/mol. The molecule has 0 aliphatic carbocycles. The number of rotatable bonds is 5. The van der Waals surface area contributed by atoms with Gasteiger partial charge in [0, 0.05) is 28.5 Å². The highest BCUT2D eigenvalue weighted by atomic mass is 35.5. The number of carboxylic acid groups (broad SMARTS) is 1. The van der Waals surface area contributed by atoms with Crippen LogP contribution in [0.15, 0.2) is 53.6 Å². The fourth-order valence-corrected chi connectivity index (χ4v) is 3.46. The molecule has 0 bridgehead atoms. The monoisotopic (exact) mass is 375 g/mol. The first-order valence-electron chi connectivity index (χ1n) is 7.47. The van der Waals surface area contributed by atoms with Crippen LogP contribution in [-0.2, 0) is 9.53 Å². The Kier molecular flexibility index (Phi) is 5.21. The molecule has 3 rings (SSSR count). The molecule has 0 spiro atoms. The molecular weight excluding hydrogens is 362 g/mol. The van der Waals surface area contributed by atoms with Crippen molar-refractivity contribution in [3.8, 4) is 11.1 Å². The van der Waals surface area contributed by atoms with Gasteiger partial charge in [-0.05, 0) is 29.8 Å². The van der Waals surface area contributed by atoms with Crippen molar-refractivity contribution in [2.45, 2.75) is 6.42 Å². The highest BCUT2D eigenvalue weighted by molar-refractivity contribution is 7.15. The molecule has 2 heterocycles. The fourth-order valence-electron chi connectivity index (χ4n) is 2.37. The van der Waals surface area contributed by atoms with Gasteiger partial charge in [0.1, 0.15) is 16.3 Å². The lowest BCUT2D eigenvalue weighted by Crippen LogP contribution is -2.10. The number of benzene rings is 1. The van der Waals surface area contributed by atoms with E-state index in [1.54, 1.807) is 35.7 Å². The van der Waals surface area contributed by atoms with Gasteiger partial charge in [-0.25, -0.2) is 4.79 Å². The summed E-state index contributed by atoms with van der Waals surface area (Å²) < 4.78 is 5.28. The minimum absolute atomic E-state index is 0.0606. The summed E-state index contributed by atoms with van der Waals surface area (Å²) in [7, 11) is 0. The van der Waals surface area contributed by atoms with E-state index < -0.39 is 11.9 Å². The van der Waals surface area contributed by atoms with Gasteiger partial charge in [-0.1, -0.05) is 23.7 Å². The molecule has 7 heteroatoms. The van der Waals surface area contributed by atoms with Crippen molar-refractivity contribution in [1.29, 1.82) is 0 Å². The van der Waals surface area contributed by atoms with Crippen molar-refractivity contribution in [2.75, 3.05) is 11.9 Å². The van der Waals surface area contributed by atoms with E-state index in [9.17, 15) is 14.7 Å². The van der Waals surface area contributed by atoms with E-state index in [1.165, 1.54) is 6.08 Å². The Hall–Kier alpha value is -2.57. The Bertz CT molecular complexity index is 868. The molecule has 25 heavy (non-hydrogen) atoms. The molecule has 2 N–H and O–H groups in total. The topological polar surface area (TPSA) is 75.6 Å². The number of carboxylic acids is 1. The van der Waals surface area contributed by atoms with Crippen LogP contribution in [0.3, 0.4) is 0 Å². The molecule has 1 aromatic heterocycles. The van der Waals surface area contributed by atoms with Crippen molar-refractivity contribution in [1.82, 2.24) is 0 Å². The molecule has 1 aliphatic heterocycles. The molecule has 128 valence electrons. The van der Waals surface area contributed by atoms with Crippen molar-refractivity contribution in [2.24, 2.45) is 0 Å². The Balaban J connectivity index is 1.83. The van der Waals surface area contributed by atoms with Crippen molar-refractivity contribution >= 4 is 39.8 Å². The number of thiophene rings is 1. The largest absolute Gasteiger partial charge is 0.494 e. The fraction of sp³-hybridized carbons (Fsp3) is 0.111. The van der Waals surface area contributed by atoms with Gasteiger partial charge >= 0.3 is 5.97 Å². The second-order valence-electron chi connectivity index (χ2n) is 5.23. The number of amides is 1. The van der Waals surface area contributed by atoms with Crippen molar-refractivity contribution < 1.29 is 19.4 Å². The predicted octanol–water partition coefficient (Wildman–Crippen LogP) is 4.57. The summed E-state index contributed by atoms with van der Waals surface area (Å²) in [6.45, 7) is 0.611. The zero-order valence-corrected chi connectivity index (χ0v) is 14.6. The number of hydrogen-bond donors (Lipinski definition) is 2. The summed E-state index contributed by atoms with van der Waals surface area (Å²) in [6, 6.07) is 6.87. The number of allylic oxidation sites excluding steroid dienone is 1. The van der Waals surface area contributed by atoms with Crippen molar-refractivity contribution in [3.05, 3.63) is 64.2 Å². The molecule has 0 atom stereocenters. The van der Waals surface area contributed by atoms with Crippen LogP contribution in [0.1, 0.15) is 16.8 Å². The van der Waals surface area contributed by atoms with Gasteiger partial charge < -0.3 is 15.2 Å². The average Bonchev–Trinajstić information content (AvgIpc) is 3.23. The Morgan fingerprint density at radius 2 is 2.04 bits per heavy atom. The van der Waals surface area contributed by atoms with Crippen LogP contribution in [0.25, 0.3) is 11.1 Å². The van der Waals surface area contributed by atoms with Gasteiger partial charge in [0.05, 0.1) is 6.61 Å². The van der Waals surface area contributed by atoms with E-state index in [0.717, 1.165) is 23.3 Å². The maximum Gasteiger partial charge on any atom is 0.339 e. The third-order valence-electron chi connectivity index (χ3n) is 3.53. The van der Waals surface area contributed by atoms with Crippen molar-refractivity contribution in [3.63, 3.8) is 0 Å². The zero-order chi connectivity index (χ0) is 17.8. The zero-order valence-electron chi connectivity index (χ0n) is 13.0. The first kappa shape index (κ1) is 17.3. The van der Waals surface area contributed by atoms with Crippen LogP contribution in [0.2, 0.25) is 5.02 Å². The molecule has 1 aromatic carbocycles. The summed E-state index contributed by atoms with van der Waals surface area (Å²) in [6.07, 6.45) is 5.59. The molecule has 0 radical (unpaired) electrons. The third kappa shape index (κ3) is 4.10. The molecule has 0 unspecified atom stereocenters. The summed E-state index contributed by atoms with van der Waals surface area (Å²) in [5.74, 6) is -0.877. The standard InChI is InChI=1S/C18H14ClNO4S/c19-12-5-3-11(4-6-12)14-10-25-17(16(14)18(22)23)20-15(21)8-7-13-2-1-9-24-13/h2-8,10H,1,9H2,(H,20,21)(H,22,23)/b8-7+. The lowest BCUT2D eigenvalue weighted by atomic mass is 10.0. The second kappa shape index (κ2) is 7.55. The van der Waals surface area contributed by atoms with Gasteiger partial charge in [0.15, 0.2) is 0 Å². The lowest BCUT2D eigenvalue weighted by molar-refractivity contribution is -0.111. The quantitative estimate of drug-likeness (QED) is 0.751. The molecule has 1 amide bonds. The molecule has 1 aliphatic rings. The smallest absolute Gasteiger partial charge is 0.339 e. The first-order chi connectivity index (χ1) is 12.0. The summed E-state index contributed by atoms with van der Waals surface area (Å²) in [4.78, 5) is 23.7. The van der Waals surface area contributed by atoms with Crippen LogP contribution in [0.4, 0.5) is 5.00 Å².